The zero-order chi connectivity index (χ0) is 16.9. The second-order valence-corrected chi connectivity index (χ2v) is 4.64. The maximum Gasteiger partial charge on any atom is 0.338 e. The Morgan fingerprint density at radius 3 is 2.48 bits per heavy atom. The van der Waals surface area contributed by atoms with Crippen LogP contribution in [0, 0.1) is 0 Å². The van der Waals surface area contributed by atoms with Gasteiger partial charge in [-0.05, 0) is 37.6 Å². The Labute approximate surface area is 136 Å². The summed E-state index contributed by atoms with van der Waals surface area (Å²) in [6, 6.07) is 6.22. The number of anilines is 1. The Kier molecular flexibility index (Phi) is 9.42. The predicted octanol–water partition coefficient (Wildman–Crippen LogP) is 2.04. The number of amides is 2. The van der Waals surface area contributed by atoms with Gasteiger partial charge in [-0.15, -0.1) is 0 Å². The van der Waals surface area contributed by atoms with E-state index < -0.39 is 0 Å². The Balaban J connectivity index is 2.22. The molecule has 1 aromatic carbocycles. The van der Waals surface area contributed by atoms with Gasteiger partial charge in [-0.3, -0.25) is 0 Å². The average molecular weight is 324 g/mol. The quantitative estimate of drug-likeness (QED) is 0.508. The second kappa shape index (κ2) is 11.4. The molecule has 0 unspecified atom stereocenters. The van der Waals surface area contributed by atoms with E-state index in [1.165, 1.54) is 0 Å². The lowest BCUT2D eigenvalue weighted by molar-refractivity contribution is 0.0526. The van der Waals surface area contributed by atoms with Crippen LogP contribution in [0.3, 0.4) is 0 Å². The van der Waals surface area contributed by atoms with Crippen LogP contribution in [-0.4, -0.2) is 52.1 Å². The van der Waals surface area contributed by atoms with Crippen LogP contribution in [0.2, 0.25) is 0 Å². The van der Waals surface area contributed by atoms with Crippen molar-refractivity contribution in [2.75, 3.05) is 45.4 Å². The smallest absolute Gasteiger partial charge is 0.338 e. The van der Waals surface area contributed by atoms with Gasteiger partial charge in [0.25, 0.3) is 0 Å². The number of nitrogens with one attached hydrogen (secondary N) is 2. The molecule has 7 nitrogen and oxygen atoms in total. The van der Waals surface area contributed by atoms with E-state index in [2.05, 4.69) is 10.6 Å². The minimum atomic E-state index is -0.378. The number of methoxy groups -OCH3 is 1. The molecule has 2 amide bonds. The molecule has 0 aliphatic carbocycles. The fourth-order valence-corrected chi connectivity index (χ4v) is 1.70. The van der Waals surface area contributed by atoms with Gasteiger partial charge in [-0.1, -0.05) is 0 Å². The van der Waals surface area contributed by atoms with E-state index in [4.69, 9.17) is 14.2 Å². The molecule has 0 fully saturated rings. The third kappa shape index (κ3) is 8.18. The zero-order valence-corrected chi connectivity index (χ0v) is 13.6. The number of hydrogen-bond donors (Lipinski definition) is 2. The van der Waals surface area contributed by atoms with E-state index in [0.29, 0.717) is 44.2 Å². The van der Waals surface area contributed by atoms with E-state index in [1.54, 1.807) is 38.3 Å². The molecule has 0 atom stereocenters. The molecule has 23 heavy (non-hydrogen) atoms. The standard InChI is InChI=1S/C16H24N2O5/c1-3-23-15(19)13-5-7-14(8-6-13)18-16(20)17-9-4-10-22-12-11-21-2/h5-8H,3-4,9-12H2,1-2H3,(H2,17,18,20). The molecule has 7 heteroatoms. The monoisotopic (exact) mass is 324 g/mol. The number of carbonyl (C=O) groups excluding carboxylic acids is 2. The van der Waals surface area contributed by atoms with Crippen molar-refractivity contribution < 1.29 is 23.8 Å². The van der Waals surface area contributed by atoms with Crippen molar-refractivity contribution in [2.24, 2.45) is 0 Å². The summed E-state index contributed by atoms with van der Waals surface area (Å²) in [6.07, 6.45) is 0.721. The fourth-order valence-electron chi connectivity index (χ4n) is 1.70. The number of benzene rings is 1. The van der Waals surface area contributed by atoms with Crippen molar-refractivity contribution in [3.05, 3.63) is 29.8 Å². The summed E-state index contributed by atoms with van der Waals surface area (Å²) in [4.78, 5) is 23.2. The lowest BCUT2D eigenvalue weighted by Gasteiger charge is -2.08. The summed E-state index contributed by atoms with van der Waals surface area (Å²) < 4.78 is 15.0. The van der Waals surface area contributed by atoms with E-state index in [-0.39, 0.29) is 12.0 Å². The molecule has 0 aromatic heterocycles. The number of rotatable bonds is 10. The van der Waals surface area contributed by atoms with E-state index >= 15 is 0 Å². The molecule has 0 bridgehead atoms. The summed E-state index contributed by atoms with van der Waals surface area (Å²) in [5, 5.41) is 5.42. The predicted molar refractivity (Wildman–Crippen MR) is 86.7 cm³/mol. The normalized spacial score (nSPS) is 10.2. The Morgan fingerprint density at radius 2 is 1.83 bits per heavy atom. The topological polar surface area (TPSA) is 85.9 Å². The number of carbonyl (C=O) groups is 2. The number of esters is 1. The first-order chi connectivity index (χ1) is 11.2. The first-order valence-corrected chi connectivity index (χ1v) is 7.56. The molecule has 0 heterocycles. The van der Waals surface area contributed by atoms with Crippen LogP contribution in [0.15, 0.2) is 24.3 Å². The largest absolute Gasteiger partial charge is 0.462 e. The molecular formula is C16H24N2O5. The van der Waals surface area contributed by atoms with Crippen LogP contribution < -0.4 is 10.6 Å². The highest BCUT2D eigenvalue weighted by atomic mass is 16.5. The van der Waals surface area contributed by atoms with Crippen molar-refractivity contribution in [3.8, 4) is 0 Å². The minimum Gasteiger partial charge on any atom is -0.462 e. The molecule has 0 saturated carbocycles. The first-order valence-electron chi connectivity index (χ1n) is 7.56. The molecule has 0 radical (unpaired) electrons. The second-order valence-electron chi connectivity index (χ2n) is 4.64. The molecule has 0 aliphatic heterocycles. The molecule has 0 aliphatic rings. The van der Waals surface area contributed by atoms with Gasteiger partial charge in [0.2, 0.25) is 0 Å². The number of hydrogen-bond acceptors (Lipinski definition) is 5. The van der Waals surface area contributed by atoms with Crippen molar-refractivity contribution in [3.63, 3.8) is 0 Å². The van der Waals surface area contributed by atoms with Gasteiger partial charge in [0.05, 0.1) is 25.4 Å². The summed E-state index contributed by atoms with van der Waals surface area (Å²) in [5.74, 6) is -0.378. The summed E-state index contributed by atoms with van der Waals surface area (Å²) >= 11 is 0. The molecule has 0 saturated heterocycles. The number of ether oxygens (including phenoxy) is 3. The third-order valence-corrected chi connectivity index (χ3v) is 2.84. The van der Waals surface area contributed by atoms with Crippen molar-refractivity contribution in [1.82, 2.24) is 5.32 Å². The van der Waals surface area contributed by atoms with Gasteiger partial charge < -0.3 is 24.8 Å². The molecule has 1 rings (SSSR count). The van der Waals surface area contributed by atoms with Gasteiger partial charge in [0.1, 0.15) is 0 Å². The van der Waals surface area contributed by atoms with Crippen LogP contribution in [0.1, 0.15) is 23.7 Å². The van der Waals surface area contributed by atoms with Gasteiger partial charge in [0, 0.05) is 25.9 Å². The molecular weight excluding hydrogens is 300 g/mol. The van der Waals surface area contributed by atoms with Crippen LogP contribution in [0.25, 0.3) is 0 Å². The molecule has 128 valence electrons. The summed E-state index contributed by atoms with van der Waals surface area (Å²) in [6.45, 7) is 4.28. The fraction of sp³-hybridized carbons (Fsp3) is 0.500. The van der Waals surface area contributed by atoms with Crippen LogP contribution in [0.5, 0.6) is 0 Å². The average Bonchev–Trinajstić information content (AvgIpc) is 2.55. The maximum atomic E-state index is 11.7. The minimum absolute atomic E-state index is 0.300. The Bertz CT molecular complexity index is 476. The van der Waals surface area contributed by atoms with E-state index in [9.17, 15) is 9.59 Å². The zero-order valence-electron chi connectivity index (χ0n) is 13.6. The van der Waals surface area contributed by atoms with Crippen LogP contribution in [-0.2, 0) is 14.2 Å². The lowest BCUT2D eigenvalue weighted by Crippen LogP contribution is -2.30. The maximum absolute atomic E-state index is 11.7. The summed E-state index contributed by atoms with van der Waals surface area (Å²) in [5.41, 5.74) is 1.05. The van der Waals surface area contributed by atoms with Gasteiger partial charge in [-0.2, -0.15) is 0 Å². The van der Waals surface area contributed by atoms with E-state index in [0.717, 1.165) is 6.42 Å². The van der Waals surface area contributed by atoms with Gasteiger partial charge in [-0.25, -0.2) is 9.59 Å². The number of urea groups is 1. The van der Waals surface area contributed by atoms with Crippen molar-refractivity contribution >= 4 is 17.7 Å². The summed E-state index contributed by atoms with van der Waals surface area (Å²) in [7, 11) is 1.62. The van der Waals surface area contributed by atoms with Gasteiger partial charge in [0.15, 0.2) is 0 Å². The van der Waals surface area contributed by atoms with Crippen LogP contribution in [0.4, 0.5) is 10.5 Å². The van der Waals surface area contributed by atoms with Crippen LogP contribution >= 0.6 is 0 Å². The molecule has 0 spiro atoms. The lowest BCUT2D eigenvalue weighted by atomic mass is 10.2. The van der Waals surface area contributed by atoms with Crippen molar-refractivity contribution in [1.29, 1.82) is 0 Å². The Hall–Kier alpha value is -2.12. The Morgan fingerprint density at radius 1 is 1.09 bits per heavy atom. The SMILES string of the molecule is CCOC(=O)c1ccc(NC(=O)NCCCOCCOC)cc1. The van der Waals surface area contributed by atoms with Gasteiger partial charge >= 0.3 is 12.0 Å². The highest BCUT2D eigenvalue weighted by Crippen LogP contribution is 2.10. The highest BCUT2D eigenvalue weighted by Gasteiger charge is 2.06. The third-order valence-electron chi connectivity index (χ3n) is 2.84. The van der Waals surface area contributed by atoms with E-state index in [1.807, 2.05) is 0 Å². The molecule has 2 N–H and O–H groups in total. The highest BCUT2D eigenvalue weighted by molar-refractivity contribution is 5.92. The van der Waals surface area contributed by atoms with Crippen molar-refractivity contribution in [2.45, 2.75) is 13.3 Å². The first kappa shape index (κ1) is 18.9. The molecule has 1 aromatic rings.